The molecule has 1 heterocycles. The Balaban J connectivity index is 2.20. The Morgan fingerprint density at radius 3 is 2.58 bits per heavy atom. The normalized spacial score (nSPS) is 33.4. The lowest BCUT2D eigenvalue weighted by Gasteiger charge is -2.42. The monoisotopic (exact) mass is 263 g/mol. The Labute approximate surface area is 115 Å². The molecule has 1 aliphatic carbocycles. The van der Waals surface area contributed by atoms with Crippen molar-refractivity contribution in [3.8, 4) is 0 Å². The van der Waals surface area contributed by atoms with Crippen LogP contribution >= 0.6 is 0 Å². The van der Waals surface area contributed by atoms with E-state index in [-0.39, 0.29) is 11.8 Å². The van der Waals surface area contributed by atoms with E-state index in [0.29, 0.717) is 17.5 Å². The predicted molar refractivity (Wildman–Crippen MR) is 75.4 cm³/mol. The Hall–Kier alpha value is -0.930. The van der Waals surface area contributed by atoms with Crippen LogP contribution in [0.25, 0.3) is 0 Å². The van der Waals surface area contributed by atoms with Crippen LogP contribution in [0.15, 0.2) is 24.4 Å². The van der Waals surface area contributed by atoms with Gasteiger partial charge in [0.25, 0.3) is 0 Å². The van der Waals surface area contributed by atoms with E-state index in [9.17, 15) is 10.2 Å². The van der Waals surface area contributed by atoms with Crippen molar-refractivity contribution in [3.63, 3.8) is 0 Å². The van der Waals surface area contributed by atoms with Crippen LogP contribution in [-0.2, 0) is 0 Å². The van der Waals surface area contributed by atoms with Crippen molar-refractivity contribution >= 4 is 0 Å². The maximum absolute atomic E-state index is 10.6. The molecule has 3 heteroatoms. The van der Waals surface area contributed by atoms with E-state index in [2.05, 4.69) is 25.8 Å². The summed E-state index contributed by atoms with van der Waals surface area (Å²) in [6.45, 7) is 6.42. The first-order chi connectivity index (χ1) is 9.02. The molecule has 0 radical (unpaired) electrons. The van der Waals surface area contributed by atoms with E-state index in [1.807, 2.05) is 18.2 Å². The second kappa shape index (κ2) is 6.02. The number of aliphatic hydroxyl groups excluding tert-OH is 2. The van der Waals surface area contributed by atoms with Gasteiger partial charge in [0.1, 0.15) is 6.10 Å². The number of aliphatic hydroxyl groups is 2. The molecule has 0 amide bonds. The molecule has 0 aromatic carbocycles. The van der Waals surface area contributed by atoms with Crippen LogP contribution in [0, 0.1) is 23.7 Å². The van der Waals surface area contributed by atoms with Gasteiger partial charge in [-0.05, 0) is 42.7 Å². The van der Waals surface area contributed by atoms with Crippen molar-refractivity contribution < 1.29 is 10.2 Å². The summed E-state index contributed by atoms with van der Waals surface area (Å²) in [7, 11) is 0. The van der Waals surface area contributed by atoms with Crippen molar-refractivity contribution in [1.82, 2.24) is 4.98 Å². The summed E-state index contributed by atoms with van der Waals surface area (Å²) in [4.78, 5) is 4.23. The van der Waals surface area contributed by atoms with Gasteiger partial charge in [-0.3, -0.25) is 4.98 Å². The first-order valence-corrected chi connectivity index (χ1v) is 7.29. The number of aromatic nitrogens is 1. The zero-order valence-corrected chi connectivity index (χ0v) is 12.0. The van der Waals surface area contributed by atoms with Crippen molar-refractivity contribution in [2.75, 3.05) is 0 Å². The number of rotatable bonds is 3. The van der Waals surface area contributed by atoms with Crippen molar-refractivity contribution in [3.05, 3.63) is 30.1 Å². The van der Waals surface area contributed by atoms with Crippen LogP contribution in [0.2, 0.25) is 0 Å². The molecule has 0 spiro atoms. The summed E-state index contributed by atoms with van der Waals surface area (Å²) in [6, 6.07) is 5.56. The topological polar surface area (TPSA) is 53.4 Å². The summed E-state index contributed by atoms with van der Waals surface area (Å²) < 4.78 is 0. The minimum absolute atomic E-state index is 0.115. The van der Waals surface area contributed by atoms with Gasteiger partial charge in [-0.25, -0.2) is 0 Å². The SMILES string of the molecule is CC(C)[C@H]1CC[C@@H](C)[C@@H](C(O)c2ccccn2)C1O. The summed E-state index contributed by atoms with van der Waals surface area (Å²) in [6.07, 6.45) is 2.69. The molecular weight excluding hydrogens is 238 g/mol. The van der Waals surface area contributed by atoms with Crippen LogP contribution in [0.4, 0.5) is 0 Å². The zero-order chi connectivity index (χ0) is 14.0. The molecule has 106 valence electrons. The number of hydrogen-bond donors (Lipinski definition) is 2. The van der Waals surface area contributed by atoms with Gasteiger partial charge in [0.15, 0.2) is 0 Å². The molecule has 2 unspecified atom stereocenters. The molecule has 2 rings (SSSR count). The van der Waals surface area contributed by atoms with Crippen molar-refractivity contribution in [2.24, 2.45) is 23.7 Å². The third-order valence-electron chi connectivity index (χ3n) is 4.66. The van der Waals surface area contributed by atoms with Gasteiger partial charge in [-0.15, -0.1) is 0 Å². The molecule has 1 aromatic rings. The highest BCUT2D eigenvalue weighted by Gasteiger charge is 2.42. The minimum Gasteiger partial charge on any atom is -0.392 e. The van der Waals surface area contributed by atoms with E-state index in [0.717, 1.165) is 12.8 Å². The molecular formula is C16H25NO2. The summed E-state index contributed by atoms with van der Waals surface area (Å²) in [5, 5.41) is 21.2. The highest BCUT2D eigenvalue weighted by atomic mass is 16.3. The Morgan fingerprint density at radius 1 is 1.26 bits per heavy atom. The maximum atomic E-state index is 10.6. The van der Waals surface area contributed by atoms with E-state index >= 15 is 0 Å². The largest absolute Gasteiger partial charge is 0.392 e. The summed E-state index contributed by atoms with van der Waals surface area (Å²) in [5.74, 6) is 0.929. The number of nitrogens with zero attached hydrogens (tertiary/aromatic N) is 1. The molecule has 3 nitrogen and oxygen atoms in total. The molecule has 2 N–H and O–H groups in total. The first kappa shape index (κ1) is 14.5. The second-order valence-corrected chi connectivity index (χ2v) is 6.23. The first-order valence-electron chi connectivity index (χ1n) is 7.29. The standard InChI is InChI=1S/C16H25NO2/c1-10(2)12-8-7-11(3)14(15(12)18)16(19)13-6-4-5-9-17-13/h4-6,9-12,14-16,18-19H,7-8H2,1-3H3/t11-,12-,14-,15?,16?/m1/s1. The van der Waals surface area contributed by atoms with Crippen LogP contribution in [-0.4, -0.2) is 21.3 Å². The van der Waals surface area contributed by atoms with E-state index in [4.69, 9.17) is 0 Å². The maximum Gasteiger partial charge on any atom is 0.101 e. The molecule has 0 aliphatic heterocycles. The fraction of sp³-hybridized carbons (Fsp3) is 0.688. The van der Waals surface area contributed by atoms with Gasteiger partial charge in [-0.2, -0.15) is 0 Å². The van der Waals surface area contributed by atoms with Crippen molar-refractivity contribution in [2.45, 2.75) is 45.8 Å². The Kier molecular flexibility index (Phi) is 4.58. The lowest BCUT2D eigenvalue weighted by atomic mass is 9.67. The predicted octanol–water partition coefficient (Wildman–Crippen LogP) is 2.79. The minimum atomic E-state index is -0.673. The summed E-state index contributed by atoms with van der Waals surface area (Å²) in [5.41, 5.74) is 0.669. The van der Waals surface area contributed by atoms with E-state index < -0.39 is 12.2 Å². The molecule has 0 bridgehead atoms. The smallest absolute Gasteiger partial charge is 0.101 e. The molecule has 19 heavy (non-hydrogen) atoms. The summed E-state index contributed by atoms with van der Waals surface area (Å²) >= 11 is 0. The molecule has 1 fully saturated rings. The molecule has 0 saturated heterocycles. The van der Waals surface area contributed by atoms with E-state index in [1.54, 1.807) is 6.20 Å². The fourth-order valence-electron chi connectivity index (χ4n) is 3.41. The van der Waals surface area contributed by atoms with Crippen molar-refractivity contribution in [1.29, 1.82) is 0 Å². The van der Waals surface area contributed by atoms with Crippen LogP contribution in [0.5, 0.6) is 0 Å². The number of pyridine rings is 1. The number of hydrogen-bond acceptors (Lipinski definition) is 3. The van der Waals surface area contributed by atoms with Gasteiger partial charge in [0, 0.05) is 12.1 Å². The highest BCUT2D eigenvalue weighted by molar-refractivity contribution is 5.09. The van der Waals surface area contributed by atoms with Crippen LogP contribution in [0.3, 0.4) is 0 Å². The third-order valence-corrected chi connectivity index (χ3v) is 4.66. The average Bonchev–Trinajstić information content (AvgIpc) is 2.39. The Bertz CT molecular complexity index is 393. The molecule has 1 saturated carbocycles. The van der Waals surface area contributed by atoms with Gasteiger partial charge >= 0.3 is 0 Å². The van der Waals surface area contributed by atoms with Gasteiger partial charge in [0.2, 0.25) is 0 Å². The Morgan fingerprint density at radius 2 is 2.00 bits per heavy atom. The van der Waals surface area contributed by atoms with E-state index in [1.165, 1.54) is 0 Å². The molecule has 1 aromatic heterocycles. The average molecular weight is 263 g/mol. The van der Waals surface area contributed by atoms with Gasteiger partial charge < -0.3 is 10.2 Å². The lowest BCUT2D eigenvalue weighted by molar-refractivity contribution is -0.0833. The van der Waals surface area contributed by atoms with Gasteiger partial charge in [0.05, 0.1) is 11.8 Å². The highest BCUT2D eigenvalue weighted by Crippen LogP contribution is 2.43. The lowest BCUT2D eigenvalue weighted by Crippen LogP contribution is -2.43. The zero-order valence-electron chi connectivity index (χ0n) is 12.0. The van der Waals surface area contributed by atoms with Crippen LogP contribution < -0.4 is 0 Å². The quantitative estimate of drug-likeness (QED) is 0.881. The second-order valence-electron chi connectivity index (χ2n) is 6.23. The molecule has 5 atom stereocenters. The van der Waals surface area contributed by atoms with Gasteiger partial charge in [-0.1, -0.05) is 26.8 Å². The van der Waals surface area contributed by atoms with Crippen LogP contribution in [0.1, 0.15) is 45.4 Å². The fourth-order valence-corrected chi connectivity index (χ4v) is 3.41. The third kappa shape index (κ3) is 2.98. The molecule has 1 aliphatic rings.